The van der Waals surface area contributed by atoms with Gasteiger partial charge in [0.2, 0.25) is 0 Å². The minimum atomic E-state index is 0.325. The summed E-state index contributed by atoms with van der Waals surface area (Å²) in [6, 6.07) is 1.23. The van der Waals surface area contributed by atoms with Crippen LogP contribution in [0.25, 0.3) is 0 Å². The summed E-state index contributed by atoms with van der Waals surface area (Å²) in [5.41, 5.74) is 3.45. The fourth-order valence-corrected chi connectivity index (χ4v) is 2.28. The minimum absolute atomic E-state index is 0.325. The number of likely N-dealkylation sites (N-methyl/N-ethyl adjacent to an activating group) is 1. The first-order valence-corrected chi connectivity index (χ1v) is 5.20. The van der Waals surface area contributed by atoms with E-state index < -0.39 is 0 Å². The largest absolute Gasteiger partial charge is 0.296 e. The Hall–Kier alpha value is -0.300. The molecule has 0 aromatic rings. The smallest absolute Gasteiger partial charge is 0.0279 e. The predicted molar refractivity (Wildman–Crippen MR) is 58.8 cm³/mol. The molecular weight excluding hydrogens is 158 g/mol. The Morgan fingerprint density at radius 1 is 1.15 bits per heavy atom. The van der Waals surface area contributed by atoms with Gasteiger partial charge in [-0.25, -0.2) is 0 Å². The monoisotopic (exact) mass is 181 g/mol. The van der Waals surface area contributed by atoms with E-state index >= 15 is 0 Å². The third-order valence-corrected chi connectivity index (χ3v) is 4.45. The molecule has 2 atom stereocenters. The first-order valence-electron chi connectivity index (χ1n) is 5.20. The summed E-state index contributed by atoms with van der Waals surface area (Å²) in [4.78, 5) is 2.47. The molecule has 1 rings (SSSR count). The van der Waals surface area contributed by atoms with Crippen LogP contribution < -0.4 is 0 Å². The van der Waals surface area contributed by atoms with E-state index in [2.05, 4.69) is 53.5 Å². The van der Waals surface area contributed by atoms with E-state index in [0.29, 0.717) is 17.5 Å². The van der Waals surface area contributed by atoms with Gasteiger partial charge in [-0.05, 0) is 34.7 Å². The van der Waals surface area contributed by atoms with Gasteiger partial charge >= 0.3 is 0 Å². The van der Waals surface area contributed by atoms with Crippen LogP contribution in [-0.4, -0.2) is 24.0 Å². The average Bonchev–Trinajstić information content (AvgIpc) is 2.09. The van der Waals surface area contributed by atoms with Crippen LogP contribution in [0.3, 0.4) is 0 Å². The standard InChI is InChI=1S/C12H23N/c1-8-9(2)12(5,6)11(4)13(7)10(8)3/h10-11H,1-7H3. The highest BCUT2D eigenvalue weighted by atomic mass is 15.2. The Balaban J connectivity index is 3.17. The van der Waals surface area contributed by atoms with Gasteiger partial charge in [0.1, 0.15) is 0 Å². The van der Waals surface area contributed by atoms with Crippen LogP contribution in [0, 0.1) is 5.41 Å². The van der Waals surface area contributed by atoms with Crippen LogP contribution >= 0.6 is 0 Å². The highest BCUT2D eigenvalue weighted by molar-refractivity contribution is 5.27. The van der Waals surface area contributed by atoms with E-state index in [1.54, 1.807) is 11.1 Å². The van der Waals surface area contributed by atoms with Crippen LogP contribution in [0.15, 0.2) is 11.1 Å². The zero-order valence-corrected chi connectivity index (χ0v) is 10.1. The van der Waals surface area contributed by atoms with Gasteiger partial charge in [-0.15, -0.1) is 0 Å². The molecule has 0 saturated carbocycles. The molecule has 0 saturated heterocycles. The van der Waals surface area contributed by atoms with E-state index in [0.717, 1.165) is 0 Å². The minimum Gasteiger partial charge on any atom is -0.296 e. The second-order valence-corrected chi connectivity index (χ2v) is 5.05. The third-order valence-electron chi connectivity index (χ3n) is 4.45. The molecule has 1 heterocycles. The highest BCUT2D eigenvalue weighted by Gasteiger charge is 2.38. The van der Waals surface area contributed by atoms with Gasteiger partial charge in [0.15, 0.2) is 0 Å². The molecule has 0 bridgehead atoms. The predicted octanol–water partition coefficient (Wildman–Crippen LogP) is 3.07. The van der Waals surface area contributed by atoms with Gasteiger partial charge in [-0.2, -0.15) is 0 Å². The lowest BCUT2D eigenvalue weighted by Crippen LogP contribution is -2.50. The van der Waals surface area contributed by atoms with E-state index in [1.807, 2.05) is 0 Å². The van der Waals surface area contributed by atoms with E-state index in [1.165, 1.54) is 0 Å². The van der Waals surface area contributed by atoms with Gasteiger partial charge in [0.05, 0.1) is 0 Å². The second kappa shape index (κ2) is 3.13. The SMILES string of the molecule is CC1=C(C)C(C)(C)C(C)N(C)C1C. The molecule has 0 N–H and O–H groups in total. The number of hydrogen-bond acceptors (Lipinski definition) is 1. The number of nitrogens with zero attached hydrogens (tertiary/aromatic N) is 1. The van der Waals surface area contributed by atoms with Gasteiger partial charge in [0.25, 0.3) is 0 Å². The summed E-state index contributed by atoms with van der Waals surface area (Å²) in [6.07, 6.45) is 0. The van der Waals surface area contributed by atoms with Crippen molar-refractivity contribution in [1.29, 1.82) is 0 Å². The summed E-state index contributed by atoms with van der Waals surface area (Å²) in [7, 11) is 2.23. The summed E-state index contributed by atoms with van der Waals surface area (Å²) in [5, 5.41) is 0. The molecule has 1 heteroatoms. The molecule has 0 aromatic heterocycles. The Morgan fingerprint density at radius 2 is 1.62 bits per heavy atom. The van der Waals surface area contributed by atoms with Gasteiger partial charge in [-0.1, -0.05) is 25.0 Å². The Bertz CT molecular complexity index is 238. The molecule has 76 valence electrons. The van der Waals surface area contributed by atoms with Crippen LogP contribution in [-0.2, 0) is 0 Å². The first kappa shape index (κ1) is 10.8. The molecule has 2 unspecified atom stereocenters. The Labute approximate surface area is 82.8 Å². The summed E-state index contributed by atoms with van der Waals surface area (Å²) in [5.74, 6) is 0. The van der Waals surface area contributed by atoms with Gasteiger partial charge in [0, 0.05) is 17.5 Å². The normalized spacial score (nSPS) is 35.3. The van der Waals surface area contributed by atoms with Crippen molar-refractivity contribution < 1.29 is 0 Å². The molecule has 0 spiro atoms. The fourth-order valence-electron chi connectivity index (χ4n) is 2.28. The molecular formula is C12H23N. The van der Waals surface area contributed by atoms with Crippen molar-refractivity contribution in [2.75, 3.05) is 7.05 Å². The zero-order valence-electron chi connectivity index (χ0n) is 10.1. The Kier molecular flexibility index (Phi) is 2.59. The van der Waals surface area contributed by atoms with Crippen LogP contribution in [0.1, 0.15) is 41.5 Å². The van der Waals surface area contributed by atoms with Crippen molar-refractivity contribution in [3.63, 3.8) is 0 Å². The maximum absolute atomic E-state index is 2.47. The average molecular weight is 181 g/mol. The fraction of sp³-hybridized carbons (Fsp3) is 0.833. The molecule has 0 aliphatic carbocycles. The molecule has 0 aromatic carbocycles. The molecule has 1 aliphatic rings. The third kappa shape index (κ3) is 1.43. The van der Waals surface area contributed by atoms with E-state index in [9.17, 15) is 0 Å². The lowest BCUT2D eigenvalue weighted by atomic mass is 9.72. The van der Waals surface area contributed by atoms with Crippen molar-refractivity contribution in [3.8, 4) is 0 Å². The Morgan fingerprint density at radius 3 is 2.08 bits per heavy atom. The lowest BCUT2D eigenvalue weighted by Gasteiger charge is -2.48. The van der Waals surface area contributed by atoms with Crippen molar-refractivity contribution in [2.45, 2.75) is 53.6 Å². The molecule has 0 amide bonds. The first-order chi connectivity index (χ1) is 5.80. The van der Waals surface area contributed by atoms with E-state index in [-0.39, 0.29) is 0 Å². The van der Waals surface area contributed by atoms with Crippen LogP contribution in [0.5, 0.6) is 0 Å². The number of hydrogen-bond donors (Lipinski definition) is 0. The molecule has 13 heavy (non-hydrogen) atoms. The topological polar surface area (TPSA) is 3.24 Å². The van der Waals surface area contributed by atoms with Crippen molar-refractivity contribution >= 4 is 0 Å². The zero-order chi connectivity index (χ0) is 10.4. The number of rotatable bonds is 0. The maximum atomic E-state index is 2.47. The van der Waals surface area contributed by atoms with Crippen molar-refractivity contribution in [1.82, 2.24) is 4.90 Å². The van der Waals surface area contributed by atoms with Gasteiger partial charge < -0.3 is 0 Å². The van der Waals surface area contributed by atoms with Crippen LogP contribution in [0.2, 0.25) is 0 Å². The molecule has 1 aliphatic heterocycles. The molecule has 0 fully saturated rings. The van der Waals surface area contributed by atoms with Crippen LogP contribution in [0.4, 0.5) is 0 Å². The maximum Gasteiger partial charge on any atom is 0.0279 e. The summed E-state index contributed by atoms with van der Waals surface area (Å²) >= 11 is 0. The quantitative estimate of drug-likeness (QED) is 0.519. The molecule has 1 nitrogen and oxygen atoms in total. The lowest BCUT2D eigenvalue weighted by molar-refractivity contribution is 0.107. The van der Waals surface area contributed by atoms with Crippen molar-refractivity contribution in [2.24, 2.45) is 5.41 Å². The van der Waals surface area contributed by atoms with Gasteiger partial charge in [-0.3, -0.25) is 4.90 Å². The van der Waals surface area contributed by atoms with Crippen molar-refractivity contribution in [3.05, 3.63) is 11.1 Å². The second-order valence-electron chi connectivity index (χ2n) is 5.05. The summed E-state index contributed by atoms with van der Waals surface area (Å²) in [6.45, 7) is 13.9. The summed E-state index contributed by atoms with van der Waals surface area (Å²) < 4.78 is 0. The molecule has 0 radical (unpaired) electrons. The van der Waals surface area contributed by atoms with E-state index in [4.69, 9.17) is 0 Å². The highest BCUT2D eigenvalue weighted by Crippen LogP contribution is 2.40.